The molecule has 0 radical (unpaired) electrons. The molecule has 1 aliphatic heterocycles. The highest BCUT2D eigenvalue weighted by molar-refractivity contribution is 9.10. The number of hydrogen-bond donors (Lipinski definition) is 1. The standard InChI is InChI=1S/C17H16BrClN2O3S/c1-10-3-4-14(9-15(10)19)20-25(23,24)16-8-13(18)7-12-5-6-21(11(2)22)17(12)16/h3-4,7-9,20H,5-6H2,1-2H3. The van der Waals surface area contributed by atoms with Crippen molar-refractivity contribution in [3.63, 3.8) is 0 Å². The van der Waals surface area contributed by atoms with Crippen LogP contribution in [-0.4, -0.2) is 20.9 Å². The molecule has 0 spiro atoms. The lowest BCUT2D eigenvalue weighted by Crippen LogP contribution is -2.28. The Kier molecular flexibility index (Phi) is 4.83. The van der Waals surface area contributed by atoms with E-state index in [4.69, 9.17) is 11.6 Å². The van der Waals surface area contributed by atoms with Gasteiger partial charge in [0.2, 0.25) is 5.91 Å². The van der Waals surface area contributed by atoms with Crippen LogP contribution >= 0.6 is 27.5 Å². The molecule has 0 aromatic heterocycles. The van der Waals surface area contributed by atoms with Gasteiger partial charge in [0.1, 0.15) is 4.90 Å². The van der Waals surface area contributed by atoms with Crippen molar-refractivity contribution in [2.75, 3.05) is 16.2 Å². The number of rotatable bonds is 3. The summed E-state index contributed by atoms with van der Waals surface area (Å²) in [6, 6.07) is 8.32. The molecule has 0 unspecified atom stereocenters. The number of carbonyl (C=O) groups excluding carboxylic acids is 1. The van der Waals surface area contributed by atoms with Gasteiger partial charge in [0.05, 0.1) is 11.4 Å². The van der Waals surface area contributed by atoms with Crippen molar-refractivity contribution in [3.8, 4) is 0 Å². The predicted octanol–water partition coefficient (Wildman–Crippen LogP) is 4.12. The molecule has 5 nitrogen and oxygen atoms in total. The van der Waals surface area contributed by atoms with E-state index in [0.717, 1.165) is 11.1 Å². The zero-order chi connectivity index (χ0) is 18.4. The molecule has 2 aromatic carbocycles. The summed E-state index contributed by atoms with van der Waals surface area (Å²) in [7, 11) is -3.89. The molecule has 2 aromatic rings. The van der Waals surface area contributed by atoms with E-state index >= 15 is 0 Å². The van der Waals surface area contributed by atoms with Crippen molar-refractivity contribution in [1.29, 1.82) is 0 Å². The van der Waals surface area contributed by atoms with Crippen LogP contribution in [0.1, 0.15) is 18.1 Å². The fraction of sp³-hybridized carbons (Fsp3) is 0.235. The Morgan fingerprint density at radius 2 is 2.00 bits per heavy atom. The molecule has 25 heavy (non-hydrogen) atoms. The van der Waals surface area contributed by atoms with Gasteiger partial charge in [0, 0.05) is 23.0 Å². The van der Waals surface area contributed by atoms with E-state index in [1.54, 1.807) is 18.2 Å². The number of nitrogens with one attached hydrogen (secondary N) is 1. The summed E-state index contributed by atoms with van der Waals surface area (Å²) in [5.41, 5.74) is 2.50. The van der Waals surface area contributed by atoms with E-state index < -0.39 is 10.0 Å². The van der Waals surface area contributed by atoms with Gasteiger partial charge in [0.25, 0.3) is 10.0 Å². The maximum absolute atomic E-state index is 13.0. The number of carbonyl (C=O) groups is 1. The lowest BCUT2D eigenvalue weighted by atomic mass is 10.2. The van der Waals surface area contributed by atoms with Gasteiger partial charge >= 0.3 is 0 Å². The van der Waals surface area contributed by atoms with Crippen LogP contribution in [0.2, 0.25) is 5.02 Å². The van der Waals surface area contributed by atoms with Crippen molar-refractivity contribution >= 4 is 54.8 Å². The highest BCUT2D eigenvalue weighted by Gasteiger charge is 2.31. The zero-order valence-electron chi connectivity index (χ0n) is 13.6. The average molecular weight is 444 g/mol. The minimum Gasteiger partial charge on any atom is -0.311 e. The number of fused-ring (bicyclic) bond motifs is 1. The first-order valence-electron chi connectivity index (χ1n) is 7.58. The minimum atomic E-state index is -3.89. The molecular formula is C17H16BrClN2O3S. The fourth-order valence-corrected chi connectivity index (χ4v) is 5.02. The minimum absolute atomic E-state index is 0.0706. The molecule has 1 N–H and O–H groups in total. The molecular weight excluding hydrogens is 428 g/mol. The van der Waals surface area contributed by atoms with Crippen LogP contribution in [0.4, 0.5) is 11.4 Å². The Morgan fingerprint density at radius 1 is 1.28 bits per heavy atom. The zero-order valence-corrected chi connectivity index (χ0v) is 16.8. The lowest BCUT2D eigenvalue weighted by molar-refractivity contribution is -0.116. The van der Waals surface area contributed by atoms with Crippen LogP contribution in [0.15, 0.2) is 39.7 Å². The Morgan fingerprint density at radius 3 is 2.64 bits per heavy atom. The third-order valence-electron chi connectivity index (χ3n) is 4.09. The number of benzene rings is 2. The quantitative estimate of drug-likeness (QED) is 0.776. The highest BCUT2D eigenvalue weighted by Crippen LogP contribution is 2.38. The first-order chi connectivity index (χ1) is 11.7. The van der Waals surface area contributed by atoms with Gasteiger partial charge in [-0.05, 0) is 48.7 Å². The fourth-order valence-electron chi connectivity index (χ4n) is 2.86. The third-order valence-corrected chi connectivity index (χ3v) is 6.35. The largest absolute Gasteiger partial charge is 0.311 e. The number of nitrogens with zero attached hydrogens (tertiary/aromatic N) is 1. The average Bonchev–Trinajstić information content (AvgIpc) is 2.93. The van der Waals surface area contributed by atoms with E-state index in [0.29, 0.717) is 33.8 Å². The van der Waals surface area contributed by atoms with Gasteiger partial charge in [-0.1, -0.05) is 33.6 Å². The van der Waals surface area contributed by atoms with E-state index in [9.17, 15) is 13.2 Å². The predicted molar refractivity (Wildman–Crippen MR) is 103 cm³/mol. The van der Waals surface area contributed by atoms with E-state index in [-0.39, 0.29) is 10.8 Å². The summed E-state index contributed by atoms with van der Waals surface area (Å²) in [4.78, 5) is 13.5. The monoisotopic (exact) mass is 442 g/mol. The van der Waals surface area contributed by atoms with Crippen LogP contribution < -0.4 is 9.62 Å². The number of anilines is 2. The van der Waals surface area contributed by atoms with Crippen molar-refractivity contribution in [2.24, 2.45) is 0 Å². The second-order valence-corrected chi connectivity index (χ2v) is 8.88. The molecule has 0 fully saturated rings. The SMILES string of the molecule is CC(=O)N1CCc2cc(Br)cc(S(=O)(=O)Nc3ccc(C)c(Cl)c3)c21. The summed E-state index contributed by atoms with van der Waals surface area (Å²) < 4.78 is 29.1. The van der Waals surface area contributed by atoms with Gasteiger partial charge in [-0.2, -0.15) is 0 Å². The number of halogens is 2. The van der Waals surface area contributed by atoms with Crippen LogP contribution in [0.3, 0.4) is 0 Å². The Labute approximate surface area is 160 Å². The van der Waals surface area contributed by atoms with Crippen LogP contribution in [0, 0.1) is 6.92 Å². The van der Waals surface area contributed by atoms with Crippen LogP contribution in [0.5, 0.6) is 0 Å². The summed E-state index contributed by atoms with van der Waals surface area (Å²) in [6.45, 7) is 3.74. The van der Waals surface area contributed by atoms with E-state index in [1.165, 1.54) is 17.9 Å². The third kappa shape index (κ3) is 3.54. The molecule has 8 heteroatoms. The summed E-state index contributed by atoms with van der Waals surface area (Å²) in [5.74, 6) is -0.184. The normalized spacial score (nSPS) is 13.7. The van der Waals surface area contributed by atoms with E-state index in [1.807, 2.05) is 13.0 Å². The van der Waals surface area contributed by atoms with Gasteiger partial charge < -0.3 is 4.90 Å². The number of hydrogen-bond acceptors (Lipinski definition) is 3. The molecule has 1 heterocycles. The van der Waals surface area contributed by atoms with Crippen LogP contribution in [0.25, 0.3) is 0 Å². The molecule has 1 amide bonds. The van der Waals surface area contributed by atoms with Gasteiger partial charge in [-0.3, -0.25) is 9.52 Å². The van der Waals surface area contributed by atoms with Gasteiger partial charge in [0.15, 0.2) is 0 Å². The summed E-state index contributed by atoms with van der Waals surface area (Å²) >= 11 is 9.43. The van der Waals surface area contributed by atoms with Crippen molar-refractivity contribution < 1.29 is 13.2 Å². The molecule has 1 aliphatic rings. The maximum Gasteiger partial charge on any atom is 0.264 e. The molecule has 0 atom stereocenters. The second kappa shape index (κ2) is 6.63. The maximum atomic E-state index is 13.0. The molecule has 3 rings (SSSR count). The van der Waals surface area contributed by atoms with Crippen molar-refractivity contribution in [2.45, 2.75) is 25.2 Å². The Bertz CT molecular complexity index is 976. The topological polar surface area (TPSA) is 66.5 Å². The summed E-state index contributed by atoms with van der Waals surface area (Å²) in [5, 5.41) is 0.477. The summed E-state index contributed by atoms with van der Waals surface area (Å²) in [6.07, 6.45) is 0.618. The molecule has 132 valence electrons. The number of sulfonamides is 1. The Hall–Kier alpha value is -1.57. The second-order valence-electron chi connectivity index (χ2n) is 5.90. The first kappa shape index (κ1) is 18.2. The van der Waals surface area contributed by atoms with Gasteiger partial charge in [-0.25, -0.2) is 8.42 Å². The highest BCUT2D eigenvalue weighted by atomic mass is 79.9. The molecule has 0 saturated carbocycles. The lowest BCUT2D eigenvalue weighted by Gasteiger charge is -2.19. The number of aryl methyl sites for hydroxylation is 1. The van der Waals surface area contributed by atoms with Gasteiger partial charge in [-0.15, -0.1) is 0 Å². The first-order valence-corrected chi connectivity index (χ1v) is 10.2. The van der Waals surface area contributed by atoms with Crippen molar-refractivity contribution in [1.82, 2.24) is 0 Å². The molecule has 0 aliphatic carbocycles. The smallest absolute Gasteiger partial charge is 0.264 e. The molecule has 0 saturated heterocycles. The van der Waals surface area contributed by atoms with E-state index in [2.05, 4.69) is 20.7 Å². The van der Waals surface area contributed by atoms with Crippen molar-refractivity contribution in [3.05, 3.63) is 51.0 Å². The van der Waals surface area contributed by atoms with Crippen LogP contribution in [-0.2, 0) is 21.2 Å². The Balaban J connectivity index is 2.08. The number of amides is 1. The molecule has 0 bridgehead atoms.